The number of hydrogen-bond acceptors (Lipinski definition) is 4. The Morgan fingerprint density at radius 1 is 1.03 bits per heavy atom. The van der Waals surface area contributed by atoms with E-state index < -0.39 is 5.82 Å². The molecule has 3 rings (SSSR count). The number of benzene rings is 2. The summed E-state index contributed by atoms with van der Waals surface area (Å²) >= 11 is 0. The van der Waals surface area contributed by atoms with Crippen molar-refractivity contribution in [3.63, 3.8) is 0 Å². The van der Waals surface area contributed by atoms with Crippen molar-refractivity contribution in [2.75, 3.05) is 26.9 Å². The van der Waals surface area contributed by atoms with Crippen LogP contribution in [0.2, 0.25) is 0 Å². The molecule has 0 amide bonds. The largest absolute Gasteiger partial charge is 0.494 e. The molecule has 1 aliphatic carbocycles. The number of Topliss-reactive ketones (excluding diaryl/α,β-unsaturated/α-hetero) is 1. The number of nitrogens with zero attached hydrogens (tertiary/aromatic N) is 2. The van der Waals surface area contributed by atoms with Crippen LogP contribution in [0, 0.1) is 5.82 Å². The Morgan fingerprint density at radius 3 is 2.38 bits per heavy atom. The Morgan fingerprint density at radius 2 is 1.72 bits per heavy atom. The predicted molar refractivity (Wildman–Crippen MR) is 115 cm³/mol. The zero-order chi connectivity index (χ0) is 21.0. The third kappa shape index (κ3) is 4.01. The number of allylic oxidation sites excluding steroid dienone is 2. The van der Waals surface area contributed by atoms with Gasteiger partial charge in [-0.05, 0) is 38.1 Å². The number of carbonyl (C=O) groups is 1. The van der Waals surface area contributed by atoms with Gasteiger partial charge in [0.05, 0.1) is 19.5 Å². The first-order valence-electron chi connectivity index (χ1n) is 9.98. The summed E-state index contributed by atoms with van der Waals surface area (Å²) in [4.78, 5) is 20.4. The van der Waals surface area contributed by atoms with Gasteiger partial charge in [-0.25, -0.2) is 4.39 Å². The van der Waals surface area contributed by atoms with Crippen molar-refractivity contribution in [2.24, 2.45) is 4.99 Å². The van der Waals surface area contributed by atoms with Crippen LogP contribution in [0.4, 0.5) is 4.39 Å². The molecule has 0 bridgehead atoms. The lowest BCUT2D eigenvalue weighted by Crippen LogP contribution is -2.27. The highest BCUT2D eigenvalue weighted by Gasteiger charge is 2.31. The van der Waals surface area contributed by atoms with Gasteiger partial charge in [0.15, 0.2) is 17.3 Å². The number of ketones is 1. The number of rotatable bonds is 7. The molecular formula is C24H27FN2O2. The van der Waals surface area contributed by atoms with Crippen LogP contribution in [-0.2, 0) is 0 Å². The van der Waals surface area contributed by atoms with Crippen molar-refractivity contribution in [1.82, 2.24) is 4.90 Å². The van der Waals surface area contributed by atoms with Gasteiger partial charge in [-0.2, -0.15) is 0 Å². The van der Waals surface area contributed by atoms with Crippen LogP contribution >= 0.6 is 0 Å². The highest BCUT2D eigenvalue weighted by atomic mass is 19.1. The molecule has 0 N–H and O–H groups in total. The van der Waals surface area contributed by atoms with Gasteiger partial charge in [-0.3, -0.25) is 14.7 Å². The first-order chi connectivity index (χ1) is 14.0. The number of hydrogen-bond donors (Lipinski definition) is 0. The van der Waals surface area contributed by atoms with Gasteiger partial charge < -0.3 is 4.74 Å². The lowest BCUT2D eigenvalue weighted by molar-refractivity contribution is 0.105. The average Bonchev–Trinajstić information content (AvgIpc) is 2.74. The SMILES string of the molecule is CCCN(CC)C/N=C1\C(C)=C(c2cccc(OC)c2F)C(=O)c2ccccc21. The first-order valence-corrected chi connectivity index (χ1v) is 9.98. The van der Waals surface area contributed by atoms with Gasteiger partial charge in [0.25, 0.3) is 0 Å². The van der Waals surface area contributed by atoms with E-state index in [1.54, 1.807) is 24.3 Å². The van der Waals surface area contributed by atoms with E-state index in [1.807, 2.05) is 25.1 Å². The summed E-state index contributed by atoms with van der Waals surface area (Å²) in [6.07, 6.45) is 1.04. The molecule has 0 atom stereocenters. The molecule has 5 heteroatoms. The third-order valence-corrected chi connectivity index (χ3v) is 5.25. The van der Waals surface area contributed by atoms with E-state index in [4.69, 9.17) is 9.73 Å². The van der Waals surface area contributed by atoms with Crippen molar-refractivity contribution in [3.8, 4) is 5.75 Å². The molecule has 29 heavy (non-hydrogen) atoms. The molecule has 152 valence electrons. The van der Waals surface area contributed by atoms with Gasteiger partial charge in [-0.15, -0.1) is 0 Å². The maximum absolute atomic E-state index is 15.0. The molecule has 0 heterocycles. The lowest BCUT2D eigenvalue weighted by Gasteiger charge is -2.24. The predicted octanol–water partition coefficient (Wildman–Crippen LogP) is 4.98. The fourth-order valence-corrected chi connectivity index (χ4v) is 3.72. The summed E-state index contributed by atoms with van der Waals surface area (Å²) in [7, 11) is 1.42. The van der Waals surface area contributed by atoms with E-state index in [0.717, 1.165) is 30.8 Å². The van der Waals surface area contributed by atoms with E-state index >= 15 is 4.39 Å². The Hall–Kier alpha value is -2.79. The van der Waals surface area contributed by atoms with Gasteiger partial charge >= 0.3 is 0 Å². The Balaban J connectivity index is 2.17. The minimum Gasteiger partial charge on any atom is -0.494 e. The van der Waals surface area contributed by atoms with Crippen molar-refractivity contribution in [3.05, 3.63) is 70.5 Å². The molecule has 0 aliphatic heterocycles. The van der Waals surface area contributed by atoms with E-state index in [0.29, 0.717) is 23.4 Å². The smallest absolute Gasteiger partial charge is 0.194 e. The first kappa shape index (κ1) is 20.9. The maximum atomic E-state index is 15.0. The molecule has 2 aromatic carbocycles. The molecule has 0 saturated heterocycles. The van der Waals surface area contributed by atoms with Crippen LogP contribution in [0.1, 0.15) is 48.7 Å². The highest BCUT2D eigenvalue weighted by molar-refractivity contribution is 6.41. The van der Waals surface area contributed by atoms with E-state index in [-0.39, 0.29) is 17.1 Å². The summed E-state index contributed by atoms with van der Waals surface area (Å²) in [6, 6.07) is 12.3. The topological polar surface area (TPSA) is 41.9 Å². The summed E-state index contributed by atoms with van der Waals surface area (Å²) in [5.74, 6) is -0.601. The number of fused-ring (bicyclic) bond motifs is 1. The van der Waals surface area contributed by atoms with Gasteiger partial charge in [0.1, 0.15) is 0 Å². The normalized spacial score (nSPS) is 15.2. The minimum atomic E-state index is -0.530. The highest BCUT2D eigenvalue weighted by Crippen LogP contribution is 2.35. The van der Waals surface area contributed by atoms with Gasteiger partial charge in [0.2, 0.25) is 0 Å². The summed E-state index contributed by atoms with van der Waals surface area (Å²) in [5, 5.41) is 0. The number of carbonyl (C=O) groups excluding carboxylic acids is 1. The number of halogens is 1. The monoisotopic (exact) mass is 394 g/mol. The standard InChI is InChI=1S/C24H27FN2O2/c1-5-14-27(6-2)15-26-23-16(3)21(19-12-9-13-20(29-4)22(19)25)24(28)18-11-8-7-10-17(18)23/h7-13H,5-6,14-15H2,1-4H3/b26-23+. The molecule has 0 radical (unpaired) electrons. The molecule has 0 spiro atoms. The summed E-state index contributed by atoms with van der Waals surface area (Å²) < 4.78 is 20.1. The van der Waals surface area contributed by atoms with Crippen LogP contribution in [0.3, 0.4) is 0 Å². The van der Waals surface area contributed by atoms with Crippen molar-refractivity contribution in [2.45, 2.75) is 27.2 Å². The minimum absolute atomic E-state index is 0.119. The van der Waals surface area contributed by atoms with Gasteiger partial charge in [-0.1, -0.05) is 50.2 Å². The quantitative estimate of drug-likeness (QED) is 0.665. The van der Waals surface area contributed by atoms with Gasteiger partial charge in [0, 0.05) is 22.3 Å². The molecule has 0 aromatic heterocycles. The lowest BCUT2D eigenvalue weighted by atomic mass is 9.81. The number of ether oxygens (including phenoxy) is 1. The van der Waals surface area contributed by atoms with E-state index in [2.05, 4.69) is 18.7 Å². The van der Waals surface area contributed by atoms with Crippen molar-refractivity contribution in [1.29, 1.82) is 0 Å². The number of aliphatic imine (C=N–C) groups is 1. The van der Waals surface area contributed by atoms with E-state index in [9.17, 15) is 4.79 Å². The summed E-state index contributed by atoms with van der Waals surface area (Å²) in [5.41, 5.74) is 3.37. The molecule has 0 fully saturated rings. The fourth-order valence-electron chi connectivity index (χ4n) is 3.72. The zero-order valence-corrected chi connectivity index (χ0v) is 17.5. The van der Waals surface area contributed by atoms with E-state index in [1.165, 1.54) is 7.11 Å². The Labute approximate surface area is 171 Å². The van der Waals surface area contributed by atoms with Crippen LogP contribution in [0.15, 0.2) is 53.0 Å². The van der Waals surface area contributed by atoms with Crippen LogP contribution in [-0.4, -0.2) is 43.3 Å². The molecular weight excluding hydrogens is 367 g/mol. The van der Waals surface area contributed by atoms with Crippen molar-refractivity contribution >= 4 is 17.1 Å². The zero-order valence-electron chi connectivity index (χ0n) is 17.5. The molecule has 4 nitrogen and oxygen atoms in total. The van der Waals surface area contributed by atoms with Crippen LogP contribution < -0.4 is 4.74 Å². The molecule has 1 aliphatic rings. The molecule has 0 unspecified atom stereocenters. The number of methoxy groups -OCH3 is 1. The maximum Gasteiger partial charge on any atom is 0.194 e. The Kier molecular flexibility index (Phi) is 6.60. The average molecular weight is 394 g/mol. The second kappa shape index (κ2) is 9.14. The van der Waals surface area contributed by atoms with Crippen LogP contribution in [0.5, 0.6) is 5.75 Å². The van der Waals surface area contributed by atoms with Crippen LogP contribution in [0.25, 0.3) is 5.57 Å². The summed E-state index contributed by atoms with van der Waals surface area (Å²) in [6.45, 7) is 8.47. The second-order valence-corrected chi connectivity index (χ2v) is 7.06. The second-order valence-electron chi connectivity index (χ2n) is 7.06. The molecule has 0 saturated carbocycles. The third-order valence-electron chi connectivity index (χ3n) is 5.25. The molecule has 2 aromatic rings. The fraction of sp³-hybridized carbons (Fsp3) is 0.333. The Bertz CT molecular complexity index is 979. The van der Waals surface area contributed by atoms with Crippen molar-refractivity contribution < 1.29 is 13.9 Å².